The molecule has 0 aromatic heterocycles. The molecule has 1 amide bonds. The predicted octanol–water partition coefficient (Wildman–Crippen LogP) is 1.60. The number of hydrazone groups is 1. The zero-order chi connectivity index (χ0) is 24.4. The molecule has 13 nitrogen and oxygen atoms in total. The molecule has 2 aromatic rings. The van der Waals surface area contributed by atoms with Gasteiger partial charge in [-0.1, -0.05) is 0 Å². The van der Waals surface area contributed by atoms with E-state index in [-0.39, 0.29) is 28.6 Å². The van der Waals surface area contributed by atoms with E-state index in [1.807, 2.05) is 0 Å². The quantitative estimate of drug-likeness (QED) is 0.325. The molecule has 1 aliphatic rings. The number of benzene rings is 2. The number of esters is 1. The van der Waals surface area contributed by atoms with E-state index < -0.39 is 43.1 Å². The number of ether oxygens (including phenoxy) is 1. The maximum Gasteiger partial charge on any atom is 0.357 e. The van der Waals surface area contributed by atoms with E-state index in [0.717, 1.165) is 29.3 Å². The van der Waals surface area contributed by atoms with Crippen LogP contribution < -0.4 is 5.01 Å². The summed E-state index contributed by atoms with van der Waals surface area (Å²) in [7, 11) is -8.85. The van der Waals surface area contributed by atoms with Crippen molar-refractivity contribution in [3.8, 4) is 0 Å². The summed E-state index contributed by atoms with van der Waals surface area (Å²) in [6.45, 7) is 1.55. The third kappa shape index (κ3) is 5.46. The average molecular weight is 496 g/mol. The van der Waals surface area contributed by atoms with Gasteiger partial charge in [0, 0.05) is 0 Å². The van der Waals surface area contributed by atoms with Crippen LogP contribution in [-0.4, -0.2) is 56.2 Å². The first-order valence-corrected chi connectivity index (χ1v) is 12.0. The second-order valence-corrected chi connectivity index (χ2v) is 9.25. The summed E-state index contributed by atoms with van der Waals surface area (Å²) in [6, 6.07) is 7.57. The Bertz CT molecular complexity index is 1350. The third-order valence-corrected chi connectivity index (χ3v) is 5.93. The molecule has 0 radical (unpaired) electrons. The van der Waals surface area contributed by atoms with Crippen LogP contribution in [0.3, 0.4) is 0 Å². The van der Waals surface area contributed by atoms with Gasteiger partial charge in [-0.2, -0.15) is 37.2 Å². The van der Waals surface area contributed by atoms with Crippen molar-refractivity contribution in [3.05, 3.63) is 48.5 Å². The molecule has 0 fully saturated rings. The van der Waals surface area contributed by atoms with Crippen molar-refractivity contribution in [2.24, 2.45) is 15.3 Å². The van der Waals surface area contributed by atoms with E-state index in [2.05, 4.69) is 15.3 Å². The van der Waals surface area contributed by atoms with Crippen LogP contribution >= 0.6 is 0 Å². The Hall–Kier alpha value is -3.53. The van der Waals surface area contributed by atoms with Crippen LogP contribution in [0.2, 0.25) is 0 Å². The second-order valence-electron chi connectivity index (χ2n) is 6.41. The lowest BCUT2D eigenvalue weighted by Gasteiger charge is -2.12. The molecule has 1 heterocycles. The molecule has 0 bridgehead atoms. The molecular weight excluding hydrogens is 480 g/mol. The van der Waals surface area contributed by atoms with E-state index in [9.17, 15) is 26.4 Å². The molecule has 33 heavy (non-hydrogen) atoms. The van der Waals surface area contributed by atoms with Gasteiger partial charge in [0.1, 0.15) is 0 Å². The highest BCUT2D eigenvalue weighted by Crippen LogP contribution is 2.26. The van der Waals surface area contributed by atoms with E-state index in [1.165, 1.54) is 24.3 Å². The standard InChI is InChI=1S/C18H16N4O9S2/c1-2-31-18(24)16-15(20-19-11-3-7-13(8-4-11)32(25,26)27)17(23)22(21-16)12-5-9-14(10-6-12)33(28,29)30/h3-10,15H,2H2,1H3,(H,25,26,27)(H,28,29,30). The minimum atomic E-state index is -4.45. The first kappa shape index (κ1) is 24.1. The Labute approximate surface area is 187 Å². The predicted molar refractivity (Wildman–Crippen MR) is 112 cm³/mol. The van der Waals surface area contributed by atoms with Gasteiger partial charge in [0.25, 0.3) is 26.1 Å². The summed E-state index contributed by atoms with van der Waals surface area (Å²) >= 11 is 0. The van der Waals surface area contributed by atoms with E-state index >= 15 is 0 Å². The molecule has 2 N–H and O–H groups in total. The minimum Gasteiger partial charge on any atom is -0.461 e. The number of hydrogen-bond acceptors (Lipinski definition) is 10. The monoisotopic (exact) mass is 496 g/mol. The van der Waals surface area contributed by atoms with Gasteiger partial charge in [0.2, 0.25) is 6.04 Å². The Morgan fingerprint density at radius 2 is 1.52 bits per heavy atom. The summed E-state index contributed by atoms with van der Waals surface area (Å²) in [6.07, 6.45) is 0. The van der Waals surface area contributed by atoms with Crippen LogP contribution in [0.1, 0.15) is 6.92 Å². The zero-order valence-corrected chi connectivity index (χ0v) is 18.4. The van der Waals surface area contributed by atoms with Crippen LogP contribution in [-0.2, 0) is 34.6 Å². The summed E-state index contributed by atoms with van der Waals surface area (Å²) in [5, 5.41) is 12.4. The van der Waals surface area contributed by atoms with Gasteiger partial charge in [-0.25, -0.2) is 4.79 Å². The molecule has 0 spiro atoms. The summed E-state index contributed by atoms with van der Waals surface area (Å²) in [5.41, 5.74) is -0.169. The van der Waals surface area contributed by atoms with E-state index in [0.29, 0.717) is 0 Å². The molecule has 15 heteroatoms. The normalized spacial score (nSPS) is 16.8. The van der Waals surface area contributed by atoms with Crippen LogP contribution in [0.15, 0.2) is 73.7 Å². The van der Waals surface area contributed by atoms with Crippen LogP contribution in [0.4, 0.5) is 11.4 Å². The Morgan fingerprint density at radius 3 is 2.00 bits per heavy atom. The zero-order valence-electron chi connectivity index (χ0n) is 16.8. The second kappa shape index (κ2) is 9.14. The van der Waals surface area contributed by atoms with Crippen LogP contribution in [0.5, 0.6) is 0 Å². The SMILES string of the molecule is CCOC(=O)C1=NN(c2ccc(S(=O)(=O)O)cc2)C(=O)C1N=Nc1ccc(S(=O)(=O)O)cc1. The van der Waals surface area contributed by atoms with Gasteiger partial charge >= 0.3 is 5.97 Å². The fraction of sp³-hybridized carbons (Fsp3) is 0.167. The van der Waals surface area contributed by atoms with Crippen molar-refractivity contribution in [3.63, 3.8) is 0 Å². The van der Waals surface area contributed by atoms with Gasteiger partial charge in [0.05, 0.1) is 27.8 Å². The first-order chi connectivity index (χ1) is 15.4. The topological polar surface area (TPSA) is 192 Å². The molecule has 0 aliphatic carbocycles. The van der Waals surface area contributed by atoms with E-state index in [1.54, 1.807) is 6.92 Å². The highest BCUT2D eigenvalue weighted by molar-refractivity contribution is 7.86. The highest BCUT2D eigenvalue weighted by Gasteiger charge is 2.41. The van der Waals surface area contributed by atoms with Crippen molar-refractivity contribution in [1.82, 2.24) is 0 Å². The molecule has 1 unspecified atom stereocenters. The van der Waals surface area contributed by atoms with Crippen molar-refractivity contribution >= 4 is 49.2 Å². The molecule has 1 atom stereocenters. The number of nitrogens with zero attached hydrogens (tertiary/aromatic N) is 4. The van der Waals surface area contributed by atoms with Gasteiger partial charge in [-0.05, 0) is 55.5 Å². The lowest BCUT2D eigenvalue weighted by Crippen LogP contribution is -2.33. The van der Waals surface area contributed by atoms with Gasteiger partial charge in [-0.15, -0.1) is 0 Å². The summed E-state index contributed by atoms with van der Waals surface area (Å²) in [5.74, 6) is -1.72. The van der Waals surface area contributed by atoms with Crippen LogP contribution in [0, 0.1) is 0 Å². The highest BCUT2D eigenvalue weighted by atomic mass is 32.2. The smallest absolute Gasteiger partial charge is 0.357 e. The molecule has 0 saturated heterocycles. The van der Waals surface area contributed by atoms with Crippen molar-refractivity contribution < 1.29 is 40.3 Å². The molecule has 2 aromatic carbocycles. The van der Waals surface area contributed by atoms with E-state index in [4.69, 9.17) is 13.8 Å². The van der Waals surface area contributed by atoms with Crippen LogP contribution in [0.25, 0.3) is 0 Å². The van der Waals surface area contributed by atoms with Gasteiger partial charge in [0.15, 0.2) is 5.71 Å². The van der Waals surface area contributed by atoms with Crippen molar-refractivity contribution in [2.45, 2.75) is 22.8 Å². The summed E-state index contributed by atoms with van der Waals surface area (Å²) in [4.78, 5) is 24.4. The Kier molecular flexibility index (Phi) is 6.68. The number of rotatable bonds is 7. The molecular formula is C18H16N4O9S2. The minimum absolute atomic E-state index is 0.00391. The fourth-order valence-electron chi connectivity index (χ4n) is 2.66. The Balaban J connectivity index is 1.92. The Morgan fingerprint density at radius 1 is 1.00 bits per heavy atom. The maximum atomic E-state index is 12.9. The molecule has 1 aliphatic heterocycles. The number of hydrogen-bond donors (Lipinski definition) is 2. The number of amides is 1. The molecule has 174 valence electrons. The molecule has 0 saturated carbocycles. The van der Waals surface area contributed by atoms with Gasteiger partial charge < -0.3 is 4.74 Å². The summed E-state index contributed by atoms with van der Waals surface area (Å²) < 4.78 is 67.6. The third-order valence-electron chi connectivity index (χ3n) is 4.20. The number of carbonyl (C=O) groups is 2. The largest absolute Gasteiger partial charge is 0.461 e. The number of carbonyl (C=O) groups excluding carboxylic acids is 2. The lowest BCUT2D eigenvalue weighted by molar-refractivity contribution is -0.135. The fourth-order valence-corrected chi connectivity index (χ4v) is 3.62. The van der Waals surface area contributed by atoms with Crippen molar-refractivity contribution in [1.29, 1.82) is 0 Å². The average Bonchev–Trinajstić information content (AvgIpc) is 3.08. The number of azo groups is 1. The maximum absolute atomic E-state index is 12.9. The number of anilines is 1. The van der Waals surface area contributed by atoms with Crippen molar-refractivity contribution in [2.75, 3.05) is 11.6 Å². The van der Waals surface area contributed by atoms with Gasteiger partial charge in [-0.3, -0.25) is 13.9 Å². The lowest BCUT2D eigenvalue weighted by atomic mass is 10.2. The first-order valence-electron chi connectivity index (χ1n) is 9.07. The molecule has 3 rings (SSSR count).